The minimum Gasteiger partial charge on any atom is -0.377 e. The van der Waals surface area contributed by atoms with E-state index in [0.717, 1.165) is 19.6 Å². The van der Waals surface area contributed by atoms with Gasteiger partial charge in [0.1, 0.15) is 0 Å². The smallest absolute Gasteiger partial charge is 0.0774 e. The molecule has 0 fully saturated rings. The summed E-state index contributed by atoms with van der Waals surface area (Å²) in [6.45, 7) is 8.13. The summed E-state index contributed by atoms with van der Waals surface area (Å²) in [6.07, 6.45) is 1.33. The van der Waals surface area contributed by atoms with Gasteiger partial charge in [0.15, 0.2) is 0 Å². The van der Waals surface area contributed by atoms with Crippen LogP contribution in [0.4, 0.5) is 0 Å². The summed E-state index contributed by atoms with van der Waals surface area (Å²) < 4.78 is 5.77. The zero-order chi connectivity index (χ0) is 11.1. The predicted octanol–water partition coefficient (Wildman–Crippen LogP) is 3.21. The van der Waals surface area contributed by atoms with Crippen molar-refractivity contribution < 1.29 is 4.74 Å². The largest absolute Gasteiger partial charge is 0.377 e. The summed E-state index contributed by atoms with van der Waals surface area (Å²) in [5, 5.41) is 5.63. The highest BCUT2D eigenvalue weighted by atomic mass is 32.1. The first kappa shape index (κ1) is 12.7. The molecular weight excluding hydrogens is 206 g/mol. The van der Waals surface area contributed by atoms with E-state index in [9.17, 15) is 0 Å². The summed E-state index contributed by atoms with van der Waals surface area (Å²) in [7, 11) is 0. The van der Waals surface area contributed by atoms with Gasteiger partial charge in [0.2, 0.25) is 0 Å². The SMILES string of the molecule is CCNC(c1cccs1)C(CC)OCC. The van der Waals surface area contributed by atoms with E-state index in [1.807, 2.05) is 0 Å². The van der Waals surface area contributed by atoms with Gasteiger partial charge in [0.05, 0.1) is 12.1 Å². The van der Waals surface area contributed by atoms with Gasteiger partial charge in [-0.25, -0.2) is 0 Å². The number of rotatable bonds is 7. The van der Waals surface area contributed by atoms with Gasteiger partial charge in [-0.2, -0.15) is 0 Å². The molecule has 0 aliphatic carbocycles. The van der Waals surface area contributed by atoms with Gasteiger partial charge in [-0.1, -0.05) is 19.9 Å². The van der Waals surface area contributed by atoms with Crippen molar-refractivity contribution in [2.75, 3.05) is 13.2 Å². The maximum Gasteiger partial charge on any atom is 0.0774 e. The van der Waals surface area contributed by atoms with E-state index < -0.39 is 0 Å². The molecule has 0 bridgehead atoms. The highest BCUT2D eigenvalue weighted by molar-refractivity contribution is 7.10. The van der Waals surface area contributed by atoms with Crippen LogP contribution in [0.15, 0.2) is 17.5 Å². The van der Waals surface area contributed by atoms with Gasteiger partial charge >= 0.3 is 0 Å². The number of hydrogen-bond acceptors (Lipinski definition) is 3. The Morgan fingerprint density at radius 2 is 2.20 bits per heavy atom. The Hall–Kier alpha value is -0.380. The number of likely N-dealkylation sites (N-methyl/N-ethyl adjacent to an activating group) is 1. The topological polar surface area (TPSA) is 21.3 Å². The molecule has 3 heteroatoms. The Morgan fingerprint density at radius 1 is 1.40 bits per heavy atom. The zero-order valence-electron chi connectivity index (χ0n) is 9.82. The average Bonchev–Trinajstić information content (AvgIpc) is 2.76. The van der Waals surface area contributed by atoms with Crippen LogP contribution in [-0.2, 0) is 4.74 Å². The molecule has 0 saturated heterocycles. The summed E-state index contributed by atoms with van der Waals surface area (Å²) in [5.41, 5.74) is 0. The lowest BCUT2D eigenvalue weighted by Gasteiger charge is -2.25. The molecule has 0 aromatic carbocycles. The van der Waals surface area contributed by atoms with Crippen LogP contribution in [0.1, 0.15) is 38.1 Å². The molecule has 86 valence electrons. The molecule has 1 heterocycles. The molecule has 1 N–H and O–H groups in total. The first-order valence-electron chi connectivity index (χ1n) is 5.71. The van der Waals surface area contributed by atoms with Crippen molar-refractivity contribution in [1.29, 1.82) is 0 Å². The highest BCUT2D eigenvalue weighted by Gasteiger charge is 2.21. The van der Waals surface area contributed by atoms with Crippen molar-refractivity contribution in [3.63, 3.8) is 0 Å². The first-order valence-corrected chi connectivity index (χ1v) is 6.59. The lowest BCUT2D eigenvalue weighted by atomic mass is 10.1. The van der Waals surface area contributed by atoms with Gasteiger partial charge in [0, 0.05) is 11.5 Å². The Morgan fingerprint density at radius 3 is 2.67 bits per heavy atom. The van der Waals surface area contributed by atoms with Crippen LogP contribution in [0.3, 0.4) is 0 Å². The fraction of sp³-hybridized carbons (Fsp3) is 0.667. The molecule has 1 aromatic heterocycles. The molecule has 2 unspecified atom stereocenters. The number of nitrogens with one attached hydrogen (secondary N) is 1. The Balaban J connectivity index is 2.71. The van der Waals surface area contributed by atoms with Gasteiger partial charge in [0.25, 0.3) is 0 Å². The summed E-state index contributed by atoms with van der Waals surface area (Å²) >= 11 is 1.80. The Labute approximate surface area is 96.7 Å². The molecular formula is C12H21NOS. The standard InChI is InChI=1S/C12H21NOS/c1-4-10(14-6-3)12(13-5-2)11-8-7-9-15-11/h7-10,12-13H,4-6H2,1-3H3. The Bertz CT molecular complexity index is 248. The van der Waals surface area contributed by atoms with Crippen LogP contribution in [0, 0.1) is 0 Å². The average molecular weight is 227 g/mol. The van der Waals surface area contributed by atoms with Crippen LogP contribution in [0.2, 0.25) is 0 Å². The van der Waals surface area contributed by atoms with E-state index in [0.29, 0.717) is 6.04 Å². The minimum atomic E-state index is 0.286. The fourth-order valence-electron chi connectivity index (χ4n) is 1.77. The maximum atomic E-state index is 5.77. The zero-order valence-corrected chi connectivity index (χ0v) is 10.6. The second-order valence-corrected chi connectivity index (χ2v) is 4.43. The molecule has 2 atom stereocenters. The lowest BCUT2D eigenvalue weighted by molar-refractivity contribution is 0.0327. The molecule has 1 rings (SSSR count). The minimum absolute atomic E-state index is 0.286. The maximum absolute atomic E-state index is 5.77. The quantitative estimate of drug-likeness (QED) is 0.772. The molecule has 2 nitrogen and oxygen atoms in total. The van der Waals surface area contributed by atoms with Crippen LogP contribution in [-0.4, -0.2) is 19.3 Å². The van der Waals surface area contributed by atoms with Crippen LogP contribution >= 0.6 is 11.3 Å². The van der Waals surface area contributed by atoms with Gasteiger partial charge in [-0.05, 0) is 31.3 Å². The van der Waals surface area contributed by atoms with Crippen LogP contribution in [0.5, 0.6) is 0 Å². The number of thiophene rings is 1. The summed E-state index contributed by atoms with van der Waals surface area (Å²) in [6, 6.07) is 4.63. The molecule has 0 aliphatic heterocycles. The number of ether oxygens (including phenoxy) is 1. The molecule has 0 amide bonds. The first-order chi connectivity index (χ1) is 7.33. The monoisotopic (exact) mass is 227 g/mol. The van der Waals surface area contributed by atoms with E-state index >= 15 is 0 Å². The third-order valence-electron chi connectivity index (χ3n) is 2.43. The molecule has 0 spiro atoms. The normalized spacial score (nSPS) is 15.1. The van der Waals surface area contributed by atoms with Gasteiger partial charge in [-0.15, -0.1) is 11.3 Å². The molecule has 1 aromatic rings. The van der Waals surface area contributed by atoms with Crippen molar-refractivity contribution in [1.82, 2.24) is 5.32 Å². The van der Waals surface area contributed by atoms with Crippen molar-refractivity contribution in [3.8, 4) is 0 Å². The molecule has 0 saturated carbocycles. The third-order valence-corrected chi connectivity index (χ3v) is 3.38. The van der Waals surface area contributed by atoms with Crippen molar-refractivity contribution in [2.45, 2.75) is 39.3 Å². The van der Waals surface area contributed by atoms with Crippen LogP contribution < -0.4 is 5.32 Å². The summed E-state index contributed by atoms with van der Waals surface area (Å²) in [5.74, 6) is 0. The van der Waals surface area contributed by atoms with E-state index in [4.69, 9.17) is 4.74 Å². The fourth-order valence-corrected chi connectivity index (χ4v) is 2.62. The lowest BCUT2D eigenvalue weighted by Crippen LogP contribution is -2.33. The van der Waals surface area contributed by atoms with Crippen LogP contribution in [0.25, 0.3) is 0 Å². The second-order valence-electron chi connectivity index (χ2n) is 3.45. The van der Waals surface area contributed by atoms with E-state index in [1.54, 1.807) is 11.3 Å². The van der Waals surface area contributed by atoms with Gasteiger partial charge in [-0.3, -0.25) is 0 Å². The van der Waals surface area contributed by atoms with Crippen molar-refractivity contribution >= 4 is 11.3 Å². The van der Waals surface area contributed by atoms with E-state index in [-0.39, 0.29) is 6.10 Å². The van der Waals surface area contributed by atoms with Gasteiger partial charge < -0.3 is 10.1 Å². The molecule has 0 aliphatic rings. The Kier molecular flexibility index (Phi) is 5.91. The highest BCUT2D eigenvalue weighted by Crippen LogP contribution is 2.25. The van der Waals surface area contributed by atoms with Crippen molar-refractivity contribution in [2.24, 2.45) is 0 Å². The van der Waals surface area contributed by atoms with E-state index in [1.165, 1.54) is 4.88 Å². The van der Waals surface area contributed by atoms with Crippen molar-refractivity contribution in [3.05, 3.63) is 22.4 Å². The second kappa shape index (κ2) is 6.99. The molecule has 15 heavy (non-hydrogen) atoms. The predicted molar refractivity (Wildman–Crippen MR) is 66.4 cm³/mol. The van der Waals surface area contributed by atoms with E-state index in [2.05, 4.69) is 43.6 Å². The molecule has 0 radical (unpaired) electrons. The third kappa shape index (κ3) is 3.59. The summed E-state index contributed by atoms with van der Waals surface area (Å²) in [4.78, 5) is 1.37. The number of hydrogen-bond donors (Lipinski definition) is 1.